The zero-order chi connectivity index (χ0) is 15.2. The van der Waals surface area contributed by atoms with E-state index in [0.717, 1.165) is 37.0 Å². The third-order valence-corrected chi connectivity index (χ3v) is 5.58. The lowest BCUT2D eigenvalue weighted by atomic mass is 9.78. The minimum Gasteiger partial charge on any atom is -0.411 e. The van der Waals surface area contributed by atoms with Gasteiger partial charge in [-0.05, 0) is 70.0 Å². The largest absolute Gasteiger partial charge is 0.411 e. The highest BCUT2D eigenvalue weighted by Gasteiger charge is 2.51. The first kappa shape index (κ1) is 14.5. The molecule has 3 nitrogen and oxygen atoms in total. The molecule has 1 saturated carbocycles. The Morgan fingerprint density at radius 2 is 2.19 bits per heavy atom. The van der Waals surface area contributed by atoms with E-state index in [0.29, 0.717) is 6.04 Å². The van der Waals surface area contributed by atoms with Crippen LogP contribution in [0.4, 0.5) is 4.39 Å². The first-order valence-corrected chi connectivity index (χ1v) is 7.67. The Bertz CT molecular complexity index is 584. The van der Waals surface area contributed by atoms with Crippen molar-refractivity contribution in [3.8, 4) is 0 Å². The van der Waals surface area contributed by atoms with Crippen LogP contribution in [0.5, 0.6) is 0 Å². The molecule has 21 heavy (non-hydrogen) atoms. The molecule has 2 aliphatic rings. The number of fused-ring (bicyclic) bond motifs is 2. The van der Waals surface area contributed by atoms with Crippen LogP contribution in [0.15, 0.2) is 23.4 Å². The van der Waals surface area contributed by atoms with Gasteiger partial charge in [0.2, 0.25) is 0 Å². The number of hydrogen-bond donors (Lipinski definition) is 1. The van der Waals surface area contributed by atoms with E-state index >= 15 is 0 Å². The number of benzene rings is 1. The van der Waals surface area contributed by atoms with Gasteiger partial charge in [0, 0.05) is 17.4 Å². The molecule has 1 fully saturated rings. The summed E-state index contributed by atoms with van der Waals surface area (Å²) in [5.41, 5.74) is 2.98. The van der Waals surface area contributed by atoms with Crippen LogP contribution in [-0.2, 0) is 5.41 Å². The molecule has 2 unspecified atom stereocenters. The quantitative estimate of drug-likeness (QED) is 0.668. The Morgan fingerprint density at radius 1 is 1.43 bits per heavy atom. The normalized spacial score (nSPS) is 31.3. The second-order valence-corrected chi connectivity index (χ2v) is 6.73. The summed E-state index contributed by atoms with van der Waals surface area (Å²) in [6.45, 7) is 2.18. The number of rotatable bonds is 2. The van der Waals surface area contributed by atoms with Gasteiger partial charge in [-0.3, -0.25) is 0 Å². The molecule has 3 atom stereocenters. The summed E-state index contributed by atoms with van der Waals surface area (Å²) >= 11 is 0. The fraction of sp³-hybridized carbons (Fsp3) is 0.588. The first-order valence-electron chi connectivity index (χ1n) is 7.67. The molecule has 0 radical (unpaired) electrons. The fourth-order valence-electron chi connectivity index (χ4n) is 4.26. The van der Waals surface area contributed by atoms with Gasteiger partial charge in [-0.1, -0.05) is 11.2 Å². The standard InChI is InChI=1S/C17H23FN2O/c1-11(20(2)3)14-10-17(8-4-5-16(17)19-21)15-7-6-12(18)9-13(14)15/h6-7,9,11,14,21H,4-5,8,10H2,1-3H3/b19-16-/t11?,14-,17?/m0/s1. The number of halogens is 1. The summed E-state index contributed by atoms with van der Waals surface area (Å²) in [6.07, 6.45) is 3.81. The lowest BCUT2D eigenvalue weighted by Gasteiger charge is -2.29. The van der Waals surface area contributed by atoms with Gasteiger partial charge in [-0.15, -0.1) is 0 Å². The van der Waals surface area contributed by atoms with E-state index in [-0.39, 0.29) is 17.2 Å². The van der Waals surface area contributed by atoms with Crippen molar-refractivity contribution in [3.05, 3.63) is 35.1 Å². The summed E-state index contributed by atoms with van der Waals surface area (Å²) < 4.78 is 13.8. The van der Waals surface area contributed by atoms with Crippen molar-refractivity contribution in [2.24, 2.45) is 5.16 Å². The summed E-state index contributed by atoms with van der Waals surface area (Å²) in [7, 11) is 4.12. The number of hydrogen-bond acceptors (Lipinski definition) is 3. The summed E-state index contributed by atoms with van der Waals surface area (Å²) in [4.78, 5) is 2.18. The van der Waals surface area contributed by atoms with E-state index in [9.17, 15) is 9.60 Å². The smallest absolute Gasteiger partial charge is 0.123 e. The molecule has 0 aromatic heterocycles. The molecule has 0 bridgehead atoms. The zero-order valence-corrected chi connectivity index (χ0v) is 12.9. The van der Waals surface area contributed by atoms with Gasteiger partial charge >= 0.3 is 0 Å². The Hall–Kier alpha value is -1.42. The molecule has 4 heteroatoms. The van der Waals surface area contributed by atoms with Crippen molar-refractivity contribution in [3.63, 3.8) is 0 Å². The maximum Gasteiger partial charge on any atom is 0.123 e. The summed E-state index contributed by atoms with van der Waals surface area (Å²) in [5, 5.41) is 13.0. The van der Waals surface area contributed by atoms with Crippen LogP contribution >= 0.6 is 0 Å². The first-order chi connectivity index (χ1) is 9.99. The molecular formula is C17H23FN2O. The Kier molecular flexibility index (Phi) is 3.52. The molecule has 1 spiro atoms. The Balaban J connectivity index is 2.13. The van der Waals surface area contributed by atoms with E-state index < -0.39 is 0 Å². The molecule has 0 aliphatic heterocycles. The number of oxime groups is 1. The second-order valence-electron chi connectivity index (χ2n) is 6.73. The fourth-order valence-corrected chi connectivity index (χ4v) is 4.26. The van der Waals surface area contributed by atoms with E-state index in [2.05, 4.69) is 31.1 Å². The molecule has 1 N–H and O–H groups in total. The van der Waals surface area contributed by atoms with Gasteiger partial charge in [0.1, 0.15) is 5.82 Å². The molecule has 1 aromatic carbocycles. The van der Waals surface area contributed by atoms with Crippen molar-refractivity contribution < 1.29 is 9.60 Å². The van der Waals surface area contributed by atoms with Gasteiger partial charge in [0.05, 0.1) is 5.71 Å². The summed E-state index contributed by atoms with van der Waals surface area (Å²) in [5.74, 6) is 0.0998. The highest BCUT2D eigenvalue weighted by atomic mass is 19.1. The third-order valence-electron chi connectivity index (χ3n) is 5.58. The highest BCUT2D eigenvalue weighted by molar-refractivity contribution is 5.97. The zero-order valence-electron chi connectivity index (χ0n) is 12.9. The van der Waals surface area contributed by atoms with Crippen LogP contribution < -0.4 is 0 Å². The van der Waals surface area contributed by atoms with Crippen LogP contribution in [0.3, 0.4) is 0 Å². The summed E-state index contributed by atoms with van der Waals surface area (Å²) in [6, 6.07) is 5.45. The van der Waals surface area contributed by atoms with Crippen molar-refractivity contribution >= 4 is 5.71 Å². The predicted octanol–water partition coefficient (Wildman–Crippen LogP) is 3.52. The molecule has 1 aromatic rings. The second kappa shape index (κ2) is 5.09. The maximum atomic E-state index is 13.8. The minimum absolute atomic E-state index is 0.174. The molecule has 0 amide bonds. The Morgan fingerprint density at radius 3 is 2.86 bits per heavy atom. The van der Waals surface area contributed by atoms with Crippen LogP contribution in [0.2, 0.25) is 0 Å². The number of likely N-dealkylation sites (N-methyl/N-ethyl adjacent to an activating group) is 1. The molecule has 114 valence electrons. The average Bonchev–Trinajstić information content (AvgIpc) is 3.00. The van der Waals surface area contributed by atoms with Crippen molar-refractivity contribution in [2.75, 3.05) is 14.1 Å². The topological polar surface area (TPSA) is 35.8 Å². The van der Waals surface area contributed by atoms with E-state index in [1.165, 1.54) is 11.6 Å². The molecular weight excluding hydrogens is 267 g/mol. The predicted molar refractivity (Wildman–Crippen MR) is 81.7 cm³/mol. The average molecular weight is 290 g/mol. The monoisotopic (exact) mass is 290 g/mol. The number of nitrogens with zero attached hydrogens (tertiary/aromatic N) is 2. The lowest BCUT2D eigenvalue weighted by molar-refractivity contribution is 0.259. The van der Waals surface area contributed by atoms with E-state index in [1.807, 2.05) is 6.07 Å². The lowest BCUT2D eigenvalue weighted by Crippen LogP contribution is -2.33. The van der Waals surface area contributed by atoms with Crippen molar-refractivity contribution in [2.45, 2.75) is 50.0 Å². The van der Waals surface area contributed by atoms with Gasteiger partial charge < -0.3 is 10.1 Å². The highest BCUT2D eigenvalue weighted by Crippen LogP contribution is 2.54. The van der Waals surface area contributed by atoms with Gasteiger partial charge in [-0.25, -0.2) is 4.39 Å². The van der Waals surface area contributed by atoms with Crippen LogP contribution in [0, 0.1) is 5.82 Å². The van der Waals surface area contributed by atoms with Crippen LogP contribution in [-0.4, -0.2) is 36.0 Å². The van der Waals surface area contributed by atoms with E-state index in [1.54, 1.807) is 6.07 Å². The molecule has 3 rings (SSSR count). The SMILES string of the molecule is CC([C@@H]1CC2(CCC/C2=N/O)c2ccc(F)cc21)N(C)C. The van der Waals surface area contributed by atoms with Crippen LogP contribution in [0.1, 0.15) is 49.7 Å². The van der Waals surface area contributed by atoms with Crippen molar-refractivity contribution in [1.82, 2.24) is 4.90 Å². The van der Waals surface area contributed by atoms with E-state index in [4.69, 9.17) is 0 Å². The van der Waals surface area contributed by atoms with Crippen molar-refractivity contribution in [1.29, 1.82) is 0 Å². The Labute approximate surface area is 125 Å². The molecule has 2 aliphatic carbocycles. The van der Waals surface area contributed by atoms with Gasteiger partial charge in [0.15, 0.2) is 0 Å². The third kappa shape index (κ3) is 2.08. The maximum absolute atomic E-state index is 13.8. The van der Waals surface area contributed by atoms with Gasteiger partial charge in [0.25, 0.3) is 0 Å². The van der Waals surface area contributed by atoms with Crippen LogP contribution in [0.25, 0.3) is 0 Å². The molecule has 0 saturated heterocycles. The van der Waals surface area contributed by atoms with Gasteiger partial charge in [-0.2, -0.15) is 0 Å². The minimum atomic E-state index is -0.178. The molecule has 0 heterocycles.